The van der Waals surface area contributed by atoms with E-state index in [4.69, 9.17) is 4.74 Å². The predicted octanol–water partition coefficient (Wildman–Crippen LogP) is 2.72. The highest BCUT2D eigenvalue weighted by Crippen LogP contribution is 2.08. The Kier molecular flexibility index (Phi) is 11.6. The number of nitrogens with one attached hydrogen (secondary N) is 2. The minimum Gasteiger partial charge on any atom is -0.492 e. The van der Waals surface area contributed by atoms with Crippen LogP contribution in [0.3, 0.4) is 0 Å². The van der Waals surface area contributed by atoms with Crippen LogP contribution in [0.1, 0.15) is 26.2 Å². The summed E-state index contributed by atoms with van der Waals surface area (Å²) in [6.07, 6.45) is 3.83. The van der Waals surface area contributed by atoms with Gasteiger partial charge in [0.1, 0.15) is 12.4 Å². The molecule has 0 saturated carbocycles. The summed E-state index contributed by atoms with van der Waals surface area (Å²) in [6.45, 7) is 8.89. The molecule has 0 bridgehead atoms. The van der Waals surface area contributed by atoms with Crippen molar-refractivity contribution in [2.24, 2.45) is 4.99 Å². The molecule has 0 aliphatic carbocycles. The number of benzene rings is 1. The normalized spacial score (nSPS) is 15.0. The Morgan fingerprint density at radius 3 is 2.62 bits per heavy atom. The van der Waals surface area contributed by atoms with E-state index in [0.29, 0.717) is 6.61 Å². The first-order valence-corrected chi connectivity index (χ1v) is 8.81. The van der Waals surface area contributed by atoms with Crippen LogP contribution in [0.4, 0.5) is 0 Å². The molecule has 2 N–H and O–H groups in total. The van der Waals surface area contributed by atoms with E-state index in [1.54, 1.807) is 0 Å². The van der Waals surface area contributed by atoms with Crippen LogP contribution in [0.2, 0.25) is 0 Å². The quantitative estimate of drug-likeness (QED) is 0.265. The zero-order valence-corrected chi connectivity index (χ0v) is 17.0. The highest BCUT2D eigenvalue weighted by Gasteiger charge is 2.09. The Morgan fingerprint density at radius 2 is 1.92 bits per heavy atom. The maximum absolute atomic E-state index is 5.68. The minimum absolute atomic E-state index is 0. The van der Waals surface area contributed by atoms with Crippen molar-refractivity contribution in [1.29, 1.82) is 0 Å². The molecule has 6 heteroatoms. The number of rotatable bonds is 9. The van der Waals surface area contributed by atoms with Gasteiger partial charge in [-0.15, -0.1) is 24.0 Å². The third-order valence-electron chi connectivity index (χ3n) is 3.85. The summed E-state index contributed by atoms with van der Waals surface area (Å²) in [7, 11) is 0. The molecule has 1 aromatic carbocycles. The van der Waals surface area contributed by atoms with Crippen molar-refractivity contribution in [3.8, 4) is 5.75 Å². The third kappa shape index (κ3) is 8.73. The Bertz CT molecular complexity index is 450. The number of aliphatic imine (C=N–C) groups is 1. The molecule has 1 saturated heterocycles. The molecule has 0 aromatic heterocycles. The van der Waals surface area contributed by atoms with Gasteiger partial charge >= 0.3 is 0 Å². The molecule has 0 amide bonds. The number of nitrogens with zero attached hydrogens (tertiary/aromatic N) is 2. The molecular weight excluding hydrogens is 415 g/mol. The summed E-state index contributed by atoms with van der Waals surface area (Å²) in [4.78, 5) is 7.16. The molecule has 1 aliphatic heterocycles. The third-order valence-corrected chi connectivity index (χ3v) is 3.85. The van der Waals surface area contributed by atoms with E-state index in [9.17, 15) is 0 Å². The van der Waals surface area contributed by atoms with Crippen LogP contribution in [0.15, 0.2) is 35.3 Å². The molecule has 0 atom stereocenters. The molecule has 0 radical (unpaired) electrons. The highest BCUT2D eigenvalue weighted by molar-refractivity contribution is 14.0. The largest absolute Gasteiger partial charge is 0.492 e. The maximum atomic E-state index is 5.68. The molecular formula is C18H31IN4O. The van der Waals surface area contributed by atoms with Gasteiger partial charge in [-0.3, -0.25) is 4.99 Å². The lowest BCUT2D eigenvalue weighted by Gasteiger charge is -2.14. The van der Waals surface area contributed by atoms with Gasteiger partial charge in [0.15, 0.2) is 5.96 Å². The molecule has 0 unspecified atom stereocenters. The zero-order valence-electron chi connectivity index (χ0n) is 14.7. The Hall–Kier alpha value is -1.02. The first kappa shape index (κ1) is 21.0. The topological polar surface area (TPSA) is 48.9 Å². The van der Waals surface area contributed by atoms with Crippen LogP contribution in [-0.2, 0) is 0 Å². The molecule has 1 aromatic rings. The second-order valence-corrected chi connectivity index (χ2v) is 5.75. The van der Waals surface area contributed by atoms with Crippen molar-refractivity contribution < 1.29 is 4.74 Å². The summed E-state index contributed by atoms with van der Waals surface area (Å²) >= 11 is 0. The van der Waals surface area contributed by atoms with Crippen LogP contribution in [0, 0.1) is 0 Å². The maximum Gasteiger partial charge on any atom is 0.191 e. The fraction of sp³-hybridized carbons (Fsp3) is 0.611. The zero-order chi connectivity index (χ0) is 16.2. The van der Waals surface area contributed by atoms with Gasteiger partial charge in [0, 0.05) is 13.1 Å². The van der Waals surface area contributed by atoms with E-state index in [1.807, 2.05) is 30.3 Å². The first-order valence-electron chi connectivity index (χ1n) is 8.81. The average Bonchev–Trinajstić information content (AvgIpc) is 3.10. The van der Waals surface area contributed by atoms with Gasteiger partial charge in [-0.25, -0.2) is 0 Å². The molecule has 136 valence electrons. The van der Waals surface area contributed by atoms with Crippen molar-refractivity contribution in [3.63, 3.8) is 0 Å². The number of hydrogen-bond acceptors (Lipinski definition) is 3. The van der Waals surface area contributed by atoms with Gasteiger partial charge in [-0.05, 0) is 58.0 Å². The summed E-state index contributed by atoms with van der Waals surface area (Å²) in [5.74, 6) is 1.78. The standard InChI is InChI=1S/C18H30N4O.HI/c1-2-19-18(20-11-8-15-22-13-6-7-14-22)21-12-16-23-17-9-4-3-5-10-17;/h3-5,9-10H,2,6-8,11-16H2,1H3,(H2,19,20,21);1H. The Labute approximate surface area is 163 Å². The summed E-state index contributed by atoms with van der Waals surface area (Å²) in [6, 6.07) is 9.89. The summed E-state index contributed by atoms with van der Waals surface area (Å²) in [5, 5.41) is 6.60. The second kappa shape index (κ2) is 13.3. The lowest BCUT2D eigenvalue weighted by molar-refractivity contribution is 0.321. The number of likely N-dealkylation sites (tertiary alicyclic amines) is 1. The number of halogens is 1. The smallest absolute Gasteiger partial charge is 0.191 e. The van der Waals surface area contributed by atoms with Crippen LogP contribution in [-0.4, -0.2) is 56.7 Å². The molecule has 1 heterocycles. The van der Waals surface area contributed by atoms with Crippen molar-refractivity contribution in [2.45, 2.75) is 26.2 Å². The van der Waals surface area contributed by atoms with E-state index in [0.717, 1.165) is 37.8 Å². The fourth-order valence-corrected chi connectivity index (χ4v) is 2.69. The van der Waals surface area contributed by atoms with E-state index < -0.39 is 0 Å². The number of para-hydroxylation sites is 1. The van der Waals surface area contributed by atoms with Crippen LogP contribution < -0.4 is 15.4 Å². The molecule has 1 aliphatic rings. The minimum atomic E-state index is 0. The summed E-state index contributed by atoms with van der Waals surface area (Å²) in [5.41, 5.74) is 0. The molecule has 24 heavy (non-hydrogen) atoms. The van der Waals surface area contributed by atoms with Crippen LogP contribution >= 0.6 is 24.0 Å². The van der Waals surface area contributed by atoms with Crippen molar-refractivity contribution in [2.75, 3.05) is 45.9 Å². The van der Waals surface area contributed by atoms with Gasteiger partial charge in [0.25, 0.3) is 0 Å². The number of guanidine groups is 1. The monoisotopic (exact) mass is 446 g/mol. The van der Waals surface area contributed by atoms with Gasteiger partial charge in [-0.2, -0.15) is 0 Å². The predicted molar refractivity (Wildman–Crippen MR) is 112 cm³/mol. The van der Waals surface area contributed by atoms with Crippen molar-refractivity contribution >= 4 is 29.9 Å². The lowest BCUT2D eigenvalue weighted by Crippen LogP contribution is -2.39. The van der Waals surface area contributed by atoms with E-state index in [2.05, 4.69) is 27.4 Å². The summed E-state index contributed by atoms with van der Waals surface area (Å²) < 4.78 is 5.68. The SMILES string of the molecule is CCNC(=NCCCN1CCCC1)NCCOc1ccccc1.I. The highest BCUT2D eigenvalue weighted by atomic mass is 127. The van der Waals surface area contributed by atoms with Crippen LogP contribution in [0.5, 0.6) is 5.75 Å². The average molecular weight is 446 g/mol. The van der Waals surface area contributed by atoms with Gasteiger partial charge < -0.3 is 20.3 Å². The molecule has 1 fully saturated rings. The molecule has 5 nitrogen and oxygen atoms in total. The van der Waals surface area contributed by atoms with E-state index in [1.165, 1.54) is 32.5 Å². The van der Waals surface area contributed by atoms with Crippen LogP contribution in [0.25, 0.3) is 0 Å². The Morgan fingerprint density at radius 1 is 1.17 bits per heavy atom. The van der Waals surface area contributed by atoms with E-state index in [-0.39, 0.29) is 24.0 Å². The van der Waals surface area contributed by atoms with Crippen molar-refractivity contribution in [1.82, 2.24) is 15.5 Å². The van der Waals surface area contributed by atoms with Gasteiger partial charge in [-0.1, -0.05) is 18.2 Å². The lowest BCUT2D eigenvalue weighted by atomic mass is 10.3. The number of hydrogen-bond donors (Lipinski definition) is 2. The molecule has 2 rings (SSSR count). The molecule has 0 spiro atoms. The number of ether oxygens (including phenoxy) is 1. The van der Waals surface area contributed by atoms with E-state index >= 15 is 0 Å². The van der Waals surface area contributed by atoms with Gasteiger partial charge in [0.2, 0.25) is 0 Å². The van der Waals surface area contributed by atoms with Gasteiger partial charge in [0.05, 0.1) is 6.54 Å². The Balaban J connectivity index is 0.00000288. The van der Waals surface area contributed by atoms with Crippen molar-refractivity contribution in [3.05, 3.63) is 30.3 Å². The fourth-order valence-electron chi connectivity index (χ4n) is 2.69. The second-order valence-electron chi connectivity index (χ2n) is 5.75. The first-order chi connectivity index (χ1) is 11.4.